The quantitative estimate of drug-likeness (QED) is 0.103. The van der Waals surface area contributed by atoms with E-state index in [0.717, 1.165) is 11.1 Å². The zero-order valence-electron chi connectivity index (χ0n) is 22.5. The van der Waals surface area contributed by atoms with Gasteiger partial charge < -0.3 is 61.8 Å². The molecular formula is C23H32N6O14. The number of aliphatic hydroxyl groups is 5. The van der Waals surface area contributed by atoms with Gasteiger partial charge in [-0.25, -0.2) is 14.4 Å². The van der Waals surface area contributed by atoms with Crippen molar-refractivity contribution in [3.63, 3.8) is 0 Å². The topological polar surface area (TPSA) is 330 Å². The number of hydrogen-bond acceptors (Lipinski definition) is 14. The van der Waals surface area contributed by atoms with Crippen molar-refractivity contribution in [1.29, 1.82) is 0 Å². The summed E-state index contributed by atoms with van der Waals surface area (Å²) in [5, 5.41) is 63.0. The summed E-state index contributed by atoms with van der Waals surface area (Å²) in [7, 11) is 0. The monoisotopic (exact) mass is 616 g/mol. The van der Waals surface area contributed by atoms with Gasteiger partial charge in [-0.15, -0.1) is 0 Å². The highest BCUT2D eigenvalue weighted by molar-refractivity contribution is 5.95. The number of likely N-dealkylation sites (tertiary alicyclic amines) is 1. The van der Waals surface area contributed by atoms with Crippen LogP contribution in [-0.4, -0.2) is 131 Å². The Kier molecular flexibility index (Phi) is 10.4. The molecule has 2 fully saturated rings. The summed E-state index contributed by atoms with van der Waals surface area (Å²) >= 11 is 0. The molecule has 2 aliphatic rings. The highest BCUT2D eigenvalue weighted by Crippen LogP contribution is 2.33. The number of primary amides is 1. The maximum absolute atomic E-state index is 13.6. The molecule has 12 N–H and O–H groups in total. The number of nitrogens with zero attached hydrogens (tertiary/aromatic N) is 2. The first-order valence-corrected chi connectivity index (χ1v) is 12.6. The van der Waals surface area contributed by atoms with Crippen LogP contribution in [0.1, 0.15) is 18.7 Å². The van der Waals surface area contributed by atoms with E-state index in [2.05, 4.69) is 10.1 Å². The van der Waals surface area contributed by atoms with Crippen molar-refractivity contribution in [3.8, 4) is 0 Å². The van der Waals surface area contributed by atoms with E-state index in [9.17, 15) is 59.4 Å². The summed E-state index contributed by atoms with van der Waals surface area (Å²) in [6.07, 6.45) is -10.7. The van der Waals surface area contributed by atoms with Gasteiger partial charge in [0.1, 0.15) is 49.2 Å². The predicted octanol–water partition coefficient (Wildman–Crippen LogP) is -6.48. The van der Waals surface area contributed by atoms with Gasteiger partial charge in [0.25, 0.3) is 5.56 Å². The first-order chi connectivity index (χ1) is 20.1. The number of aromatic amines is 1. The number of nitrogens with one attached hydrogen (secondary N) is 2. The number of amides is 3. The van der Waals surface area contributed by atoms with E-state index in [0.29, 0.717) is 10.1 Å². The van der Waals surface area contributed by atoms with Crippen LogP contribution >= 0.6 is 0 Å². The molecule has 43 heavy (non-hydrogen) atoms. The third-order valence-electron chi connectivity index (χ3n) is 7.02. The van der Waals surface area contributed by atoms with Gasteiger partial charge in [0.2, 0.25) is 11.8 Å². The number of rotatable bonds is 11. The molecule has 1 aromatic heterocycles. The molecule has 20 nitrogen and oxygen atoms in total. The van der Waals surface area contributed by atoms with Crippen molar-refractivity contribution in [1.82, 2.24) is 19.8 Å². The van der Waals surface area contributed by atoms with Crippen LogP contribution < -0.4 is 28.0 Å². The number of ether oxygens (including phenoxy) is 2. The highest BCUT2D eigenvalue weighted by atomic mass is 16.6. The maximum Gasteiger partial charge on any atom is 0.404 e. The molecular weight excluding hydrogens is 584 g/mol. The second-order valence-corrected chi connectivity index (χ2v) is 9.72. The molecule has 1 aromatic rings. The lowest BCUT2D eigenvalue weighted by Crippen LogP contribution is -2.67. The molecule has 3 heterocycles. The second-order valence-electron chi connectivity index (χ2n) is 9.72. The van der Waals surface area contributed by atoms with E-state index >= 15 is 0 Å². The van der Waals surface area contributed by atoms with Gasteiger partial charge >= 0.3 is 17.8 Å². The summed E-state index contributed by atoms with van der Waals surface area (Å²) in [6, 6.07) is -5.47. The Labute approximate surface area is 240 Å². The summed E-state index contributed by atoms with van der Waals surface area (Å²) in [4.78, 5) is 76.2. The van der Waals surface area contributed by atoms with Gasteiger partial charge in [0, 0.05) is 12.7 Å². The number of carboxylic acid groups (broad SMARTS) is 1. The van der Waals surface area contributed by atoms with E-state index in [1.165, 1.54) is 13.0 Å². The molecule has 0 saturated carbocycles. The summed E-state index contributed by atoms with van der Waals surface area (Å²) in [5.74, 6) is -3.89. The molecule has 0 bridgehead atoms. The Bertz CT molecular complexity index is 1390. The summed E-state index contributed by atoms with van der Waals surface area (Å²) in [6.45, 7) is -0.350. The van der Waals surface area contributed by atoms with Crippen molar-refractivity contribution in [2.75, 3.05) is 13.2 Å². The molecule has 0 unspecified atom stereocenters. The molecule has 2 saturated heterocycles. The lowest BCUT2D eigenvalue weighted by molar-refractivity contribution is -0.157. The summed E-state index contributed by atoms with van der Waals surface area (Å²) < 4.78 is 10.6. The third-order valence-corrected chi connectivity index (χ3v) is 7.02. The fraction of sp³-hybridized carbons (Fsp3) is 0.565. The lowest BCUT2D eigenvalue weighted by atomic mass is 9.92. The zero-order valence-corrected chi connectivity index (χ0v) is 22.5. The van der Waals surface area contributed by atoms with Crippen LogP contribution in [0.4, 0.5) is 4.79 Å². The molecule has 0 aromatic carbocycles. The van der Waals surface area contributed by atoms with Gasteiger partial charge in [0.15, 0.2) is 12.3 Å². The molecule has 9 atom stereocenters. The molecule has 0 radical (unpaired) electrons. The largest absolute Gasteiger partial charge is 0.479 e. The second kappa shape index (κ2) is 13.4. The van der Waals surface area contributed by atoms with Crippen molar-refractivity contribution < 1.29 is 59.3 Å². The van der Waals surface area contributed by atoms with Crippen molar-refractivity contribution in [3.05, 3.63) is 44.2 Å². The van der Waals surface area contributed by atoms with E-state index in [4.69, 9.17) is 16.2 Å². The average Bonchev–Trinajstić information content (AvgIpc) is 3.22. The zero-order chi connectivity index (χ0) is 32.3. The van der Waals surface area contributed by atoms with Crippen molar-refractivity contribution in [2.45, 2.75) is 68.4 Å². The van der Waals surface area contributed by atoms with Gasteiger partial charge in [-0.2, -0.15) is 0 Å². The van der Waals surface area contributed by atoms with Gasteiger partial charge in [-0.3, -0.25) is 23.9 Å². The molecule has 0 spiro atoms. The van der Waals surface area contributed by atoms with Gasteiger partial charge in [-0.1, -0.05) is 6.08 Å². The van der Waals surface area contributed by atoms with Crippen LogP contribution in [0.2, 0.25) is 0 Å². The maximum atomic E-state index is 13.6. The Hall–Kier alpha value is -4.18. The SMILES string of the molecule is C/C=C1\CN(C(=O)[C@H](NC(=O)[C@@H](N)[C@H](O)[C@@H](O)COC(N)=O)[C@H]2O[C@@H](n3cc(CO)c(=O)[nH]c3=O)[C@H](O)[C@@H]2O)[C@@H]1C(=O)O. The van der Waals surface area contributed by atoms with Gasteiger partial charge in [0.05, 0.1) is 12.2 Å². The fourth-order valence-corrected chi connectivity index (χ4v) is 4.60. The molecule has 3 amide bonds. The Balaban J connectivity index is 1.95. The van der Waals surface area contributed by atoms with Crippen LogP contribution in [0, 0.1) is 0 Å². The van der Waals surface area contributed by atoms with E-state index in [1.807, 2.05) is 4.98 Å². The number of H-pyrrole nitrogens is 1. The number of hydrogen-bond donors (Lipinski definition) is 10. The minimum absolute atomic E-state index is 0.204. The number of aliphatic carboxylic acids is 1. The Morgan fingerprint density at radius 3 is 2.44 bits per heavy atom. The van der Waals surface area contributed by atoms with Crippen LogP contribution in [0.25, 0.3) is 0 Å². The number of carbonyl (C=O) groups excluding carboxylic acids is 3. The molecule has 3 rings (SSSR count). The number of carbonyl (C=O) groups is 4. The Morgan fingerprint density at radius 2 is 1.88 bits per heavy atom. The van der Waals surface area contributed by atoms with Crippen LogP contribution in [-0.2, 0) is 30.5 Å². The van der Waals surface area contributed by atoms with Gasteiger partial charge in [-0.05, 0) is 12.5 Å². The molecule has 2 aliphatic heterocycles. The molecule has 0 aliphatic carbocycles. The normalized spacial score (nSPS) is 27.1. The number of nitrogens with two attached hydrogens (primary N) is 2. The molecule has 20 heteroatoms. The van der Waals surface area contributed by atoms with Crippen molar-refractivity contribution in [2.24, 2.45) is 11.5 Å². The fourth-order valence-electron chi connectivity index (χ4n) is 4.60. The predicted molar refractivity (Wildman–Crippen MR) is 138 cm³/mol. The van der Waals surface area contributed by atoms with Crippen molar-refractivity contribution >= 4 is 23.9 Å². The van der Waals surface area contributed by atoms with Crippen LogP contribution in [0.5, 0.6) is 0 Å². The first-order valence-electron chi connectivity index (χ1n) is 12.6. The van der Waals surface area contributed by atoms with E-state index in [-0.39, 0.29) is 12.1 Å². The lowest BCUT2D eigenvalue weighted by Gasteiger charge is -2.43. The highest BCUT2D eigenvalue weighted by Gasteiger charge is 2.54. The first kappa shape index (κ1) is 33.3. The summed E-state index contributed by atoms with van der Waals surface area (Å²) in [5.41, 5.74) is 8.46. The smallest absolute Gasteiger partial charge is 0.404 e. The van der Waals surface area contributed by atoms with Crippen LogP contribution in [0.3, 0.4) is 0 Å². The molecule has 238 valence electrons. The number of allylic oxidation sites excluding steroid dienone is 1. The number of carboxylic acids is 1. The van der Waals surface area contributed by atoms with E-state index in [1.54, 1.807) is 0 Å². The number of aromatic nitrogens is 2. The number of aliphatic hydroxyl groups excluding tert-OH is 5. The standard InChI is InChI=1S/C23H32N6O14/c1-2-7-3-28(12(7)21(38)39)19(37)11(26-18(36)10(24)13(32)9(31)6-42-22(25)40)16-14(33)15(34)20(43-16)29-4-8(5-30)17(35)27-23(29)41/h2,4,9-16,20,30-34H,3,5-6,24H2,1H3,(H2,25,40)(H,26,36)(H,38,39)(H,27,35,41)/b7-2+/t9-,10-,11+,12-,13+,14-,15+,16+,20+/m0/s1. The third kappa shape index (κ3) is 6.74. The minimum Gasteiger partial charge on any atom is -0.479 e. The minimum atomic E-state index is -2.09. The van der Waals surface area contributed by atoms with E-state index < -0.39 is 103 Å². The Morgan fingerprint density at radius 1 is 1.23 bits per heavy atom. The average molecular weight is 617 g/mol. The van der Waals surface area contributed by atoms with Crippen LogP contribution in [0.15, 0.2) is 27.4 Å².